The second-order valence-electron chi connectivity index (χ2n) is 8.20. The number of carboxylic acids is 1. The number of nitrogens with one attached hydrogen (secondary N) is 4. The molecule has 1 saturated heterocycles. The van der Waals surface area contributed by atoms with E-state index in [2.05, 4.69) is 28.2 Å². The highest BCUT2D eigenvalue weighted by atomic mass is 16.5. The van der Waals surface area contributed by atoms with Crippen molar-refractivity contribution in [2.75, 3.05) is 26.7 Å². The van der Waals surface area contributed by atoms with E-state index in [1.807, 2.05) is 0 Å². The third-order valence-corrected chi connectivity index (χ3v) is 5.93. The fourth-order valence-corrected chi connectivity index (χ4v) is 4.29. The Bertz CT molecular complexity index is 798. The number of carboxylic acid groups (broad SMARTS) is 1. The lowest BCUT2D eigenvalue weighted by molar-refractivity contribution is -0.122. The topological polar surface area (TPSA) is 141 Å². The Kier molecular flexibility index (Phi) is 8.88. The Hall–Kier alpha value is -2.18. The number of amides is 1. The Morgan fingerprint density at radius 3 is 2.84 bits per heavy atom. The first-order valence-electron chi connectivity index (χ1n) is 11.1. The largest absolute Gasteiger partial charge is 0.547 e. The highest BCUT2D eigenvalue weighted by Crippen LogP contribution is 2.30. The van der Waals surface area contributed by atoms with Crippen LogP contribution in [0.4, 0.5) is 0 Å². The van der Waals surface area contributed by atoms with E-state index in [0.29, 0.717) is 12.0 Å². The molecule has 3 rings (SSSR count). The van der Waals surface area contributed by atoms with Gasteiger partial charge in [-0.25, -0.2) is 4.79 Å². The maximum atomic E-state index is 12.7. The highest BCUT2D eigenvalue weighted by Gasteiger charge is 2.38. The average Bonchev–Trinajstić information content (AvgIpc) is 2.77. The summed E-state index contributed by atoms with van der Waals surface area (Å²) in [5.41, 5.74) is 0.638. The summed E-state index contributed by atoms with van der Waals surface area (Å²) < 4.78 is 11.0. The third-order valence-electron chi connectivity index (χ3n) is 5.93. The van der Waals surface area contributed by atoms with Crippen LogP contribution in [-0.2, 0) is 16.0 Å². The first kappa shape index (κ1) is 24.5. The quantitative estimate of drug-likeness (QED) is 0.207. The van der Waals surface area contributed by atoms with Gasteiger partial charge in [0.2, 0.25) is 5.91 Å². The predicted molar refractivity (Wildman–Crippen MR) is 120 cm³/mol. The second-order valence-corrected chi connectivity index (χ2v) is 8.20. The van der Waals surface area contributed by atoms with Crippen LogP contribution in [-0.4, -0.2) is 80.1 Å². The number of benzene rings is 1. The number of aromatic carboxylic acids is 1. The van der Waals surface area contributed by atoms with Crippen molar-refractivity contribution in [2.24, 2.45) is 0 Å². The number of para-hydroxylation sites is 1. The Labute approximate surface area is 188 Å². The molecule has 1 aromatic carbocycles. The summed E-state index contributed by atoms with van der Waals surface area (Å²) in [7, 11) is 0.334. The minimum Gasteiger partial charge on any atom is -0.534 e. The Balaban J connectivity index is 1.50. The van der Waals surface area contributed by atoms with Crippen molar-refractivity contribution < 1.29 is 29.1 Å². The molecule has 0 radical (unpaired) electrons. The van der Waals surface area contributed by atoms with E-state index >= 15 is 0 Å². The van der Waals surface area contributed by atoms with Gasteiger partial charge in [0, 0.05) is 38.7 Å². The summed E-state index contributed by atoms with van der Waals surface area (Å²) in [6, 6.07) is 4.92. The van der Waals surface area contributed by atoms with Gasteiger partial charge in [-0.2, -0.15) is 0 Å². The summed E-state index contributed by atoms with van der Waals surface area (Å²) in [5, 5.41) is 32.6. The molecule has 10 nitrogen and oxygen atoms in total. The molecule has 1 aromatic rings. The van der Waals surface area contributed by atoms with Gasteiger partial charge >= 0.3 is 13.1 Å². The first-order chi connectivity index (χ1) is 15.4. The van der Waals surface area contributed by atoms with E-state index in [-0.39, 0.29) is 42.0 Å². The smallest absolute Gasteiger partial charge is 0.534 e. The lowest BCUT2D eigenvalue weighted by Gasteiger charge is -2.37. The number of likely N-dealkylation sites (N-methyl/N-ethyl adjacent to an activating group) is 1. The Morgan fingerprint density at radius 2 is 2.12 bits per heavy atom. The van der Waals surface area contributed by atoms with Crippen molar-refractivity contribution in [2.45, 2.75) is 56.9 Å². The molecular weight excluding hydrogens is 415 g/mol. The lowest BCUT2D eigenvalue weighted by atomic mass is 9.72. The molecule has 2 heterocycles. The molecule has 11 heteroatoms. The normalized spacial score (nSPS) is 25.0. The molecule has 0 saturated carbocycles. The number of rotatable bonds is 10. The standard InChI is InChI=1S/C21H33BN4O6/c1-3-23-9-10-24-16-8-7-14(25-20(16)31-2)12-18(27)26-17-11-13-5-4-6-15(21(28)29)19(13)32-22(17)30/h4-6,14,16-17,20,23-25,30H,3,7-12H2,1-2H3,(H,26,27)(H,28,29)/t14?,16?,17-,20?/m0/s1. The molecule has 0 bridgehead atoms. The van der Waals surface area contributed by atoms with Crippen LogP contribution in [0.2, 0.25) is 0 Å². The first-order valence-corrected chi connectivity index (χ1v) is 11.1. The van der Waals surface area contributed by atoms with Crippen molar-refractivity contribution in [3.05, 3.63) is 29.3 Å². The summed E-state index contributed by atoms with van der Waals surface area (Å²) in [4.78, 5) is 24.0. The summed E-state index contributed by atoms with van der Waals surface area (Å²) in [6.45, 7) is 4.73. The molecule has 176 valence electrons. The number of hydrogen-bond acceptors (Lipinski definition) is 8. The number of methoxy groups -OCH3 is 1. The fourth-order valence-electron chi connectivity index (χ4n) is 4.29. The number of carbonyl (C=O) groups excluding carboxylic acids is 1. The van der Waals surface area contributed by atoms with Crippen LogP contribution in [0, 0.1) is 0 Å². The van der Waals surface area contributed by atoms with Crippen LogP contribution in [0.15, 0.2) is 18.2 Å². The summed E-state index contributed by atoms with van der Waals surface area (Å²) >= 11 is 0. The zero-order chi connectivity index (χ0) is 23.1. The van der Waals surface area contributed by atoms with Crippen LogP contribution in [0.1, 0.15) is 42.1 Å². The molecule has 1 fully saturated rings. The van der Waals surface area contributed by atoms with Crippen LogP contribution in [0.5, 0.6) is 5.75 Å². The van der Waals surface area contributed by atoms with Gasteiger partial charge in [-0.3, -0.25) is 10.1 Å². The van der Waals surface area contributed by atoms with Gasteiger partial charge in [0.1, 0.15) is 12.0 Å². The molecule has 2 aliphatic rings. The van der Waals surface area contributed by atoms with Crippen LogP contribution >= 0.6 is 0 Å². The highest BCUT2D eigenvalue weighted by molar-refractivity contribution is 6.47. The van der Waals surface area contributed by atoms with Gasteiger partial charge in [-0.15, -0.1) is 0 Å². The molecule has 0 spiro atoms. The zero-order valence-electron chi connectivity index (χ0n) is 18.6. The van der Waals surface area contributed by atoms with Crippen molar-refractivity contribution in [3.8, 4) is 5.75 Å². The van der Waals surface area contributed by atoms with Gasteiger partial charge in [-0.1, -0.05) is 19.1 Å². The van der Waals surface area contributed by atoms with E-state index < -0.39 is 19.0 Å². The van der Waals surface area contributed by atoms with E-state index in [9.17, 15) is 19.7 Å². The van der Waals surface area contributed by atoms with Gasteiger partial charge < -0.3 is 35.5 Å². The molecule has 2 aliphatic heterocycles. The van der Waals surface area contributed by atoms with Gasteiger partial charge in [0.15, 0.2) is 0 Å². The van der Waals surface area contributed by atoms with Crippen molar-refractivity contribution in [3.63, 3.8) is 0 Å². The fraction of sp³-hybridized carbons (Fsp3) is 0.619. The maximum Gasteiger partial charge on any atom is 0.547 e. The SMILES string of the molecule is CCNCCNC1CCC(CC(=O)N[C@H]2Cc3cccc(C(=O)O)c3OB2O)NC1OC. The number of piperidine rings is 1. The van der Waals surface area contributed by atoms with Gasteiger partial charge in [0.05, 0.1) is 11.5 Å². The average molecular weight is 448 g/mol. The summed E-state index contributed by atoms with van der Waals surface area (Å²) in [6.07, 6.45) is 2.06. The van der Waals surface area contributed by atoms with Crippen LogP contribution in [0.25, 0.3) is 0 Å². The van der Waals surface area contributed by atoms with Crippen LogP contribution < -0.4 is 25.9 Å². The minimum absolute atomic E-state index is 0.00280. The van der Waals surface area contributed by atoms with E-state index in [0.717, 1.165) is 32.5 Å². The third kappa shape index (κ3) is 6.20. The lowest BCUT2D eigenvalue weighted by Crippen LogP contribution is -2.59. The molecule has 4 atom stereocenters. The number of hydrogen-bond donors (Lipinski definition) is 6. The van der Waals surface area contributed by atoms with E-state index in [1.54, 1.807) is 19.2 Å². The number of fused-ring (bicyclic) bond motifs is 1. The van der Waals surface area contributed by atoms with Crippen molar-refractivity contribution in [1.82, 2.24) is 21.3 Å². The molecule has 0 aliphatic carbocycles. The minimum atomic E-state index is -1.32. The van der Waals surface area contributed by atoms with Gasteiger partial charge in [0.25, 0.3) is 0 Å². The Morgan fingerprint density at radius 1 is 1.31 bits per heavy atom. The zero-order valence-corrected chi connectivity index (χ0v) is 18.6. The van der Waals surface area contributed by atoms with E-state index in [4.69, 9.17) is 9.39 Å². The molecular formula is C21H33BN4O6. The number of ether oxygens (including phenoxy) is 1. The maximum absolute atomic E-state index is 12.7. The second kappa shape index (κ2) is 11.6. The molecule has 6 N–H and O–H groups in total. The summed E-state index contributed by atoms with van der Waals surface area (Å²) in [5.74, 6) is -1.83. The van der Waals surface area contributed by atoms with Crippen molar-refractivity contribution >= 4 is 19.0 Å². The molecule has 32 heavy (non-hydrogen) atoms. The molecule has 1 amide bonds. The van der Waals surface area contributed by atoms with Crippen LogP contribution in [0.3, 0.4) is 0 Å². The molecule has 3 unspecified atom stereocenters. The van der Waals surface area contributed by atoms with Gasteiger partial charge in [-0.05, 0) is 37.4 Å². The van der Waals surface area contributed by atoms with E-state index in [1.165, 1.54) is 6.07 Å². The molecule has 0 aromatic heterocycles. The predicted octanol–water partition coefficient (Wildman–Crippen LogP) is -0.493. The number of carbonyl (C=O) groups is 2. The monoisotopic (exact) mass is 448 g/mol. The van der Waals surface area contributed by atoms with Crippen molar-refractivity contribution in [1.29, 1.82) is 0 Å².